The molecule has 0 atom stereocenters. The van der Waals surface area contributed by atoms with Crippen LogP contribution in [0, 0.1) is 19.3 Å². The Morgan fingerprint density at radius 2 is 2.27 bits per heavy atom. The first kappa shape index (κ1) is 11.1. The van der Waals surface area contributed by atoms with E-state index in [-0.39, 0.29) is 0 Å². The Bertz CT molecular complexity index is 418. The number of hydrogen-bond acceptors (Lipinski definition) is 2. The van der Waals surface area contributed by atoms with E-state index in [1.807, 2.05) is 18.9 Å². The van der Waals surface area contributed by atoms with Crippen molar-refractivity contribution in [1.29, 1.82) is 0 Å². The number of rotatable bonds is 3. The molecule has 0 aliphatic heterocycles. The Kier molecular flexibility index (Phi) is 3.35. The molecule has 0 unspecified atom stereocenters. The predicted molar refractivity (Wildman–Crippen MR) is 60.2 cm³/mol. The van der Waals surface area contributed by atoms with Crippen molar-refractivity contribution >= 4 is 11.7 Å². The van der Waals surface area contributed by atoms with Crippen molar-refractivity contribution in [1.82, 2.24) is 0 Å². The molecule has 1 aromatic carbocycles. The molecule has 0 aliphatic rings. The number of anilines is 1. The van der Waals surface area contributed by atoms with Crippen LogP contribution in [-0.4, -0.2) is 24.7 Å². The van der Waals surface area contributed by atoms with E-state index >= 15 is 0 Å². The fraction of sp³-hybridized carbons (Fsp3) is 0.250. The summed E-state index contributed by atoms with van der Waals surface area (Å²) in [5.74, 6) is 1.63. The van der Waals surface area contributed by atoms with Gasteiger partial charge < -0.3 is 10.0 Å². The van der Waals surface area contributed by atoms with Gasteiger partial charge in [0.25, 0.3) is 0 Å². The first-order chi connectivity index (χ1) is 7.06. The molecule has 0 bridgehead atoms. The maximum atomic E-state index is 10.7. The van der Waals surface area contributed by atoms with Gasteiger partial charge in [0, 0.05) is 12.7 Å². The number of hydrogen-bond donors (Lipinski definition) is 1. The molecular formula is C12H13NO2. The highest BCUT2D eigenvalue weighted by Crippen LogP contribution is 2.19. The molecule has 0 radical (unpaired) electrons. The summed E-state index contributed by atoms with van der Waals surface area (Å²) >= 11 is 0. The predicted octanol–water partition coefficient (Wildman–Crippen LogP) is 1.76. The van der Waals surface area contributed by atoms with E-state index in [0.717, 1.165) is 11.3 Å². The summed E-state index contributed by atoms with van der Waals surface area (Å²) in [5, 5.41) is 8.80. The Balaban J connectivity index is 3.03. The van der Waals surface area contributed by atoms with Crippen molar-refractivity contribution in [2.75, 3.05) is 18.5 Å². The highest BCUT2D eigenvalue weighted by molar-refractivity contribution is 5.88. The number of carbonyl (C=O) groups is 1. The maximum Gasteiger partial charge on any atom is 0.335 e. The second-order valence-corrected chi connectivity index (χ2v) is 3.37. The molecule has 1 rings (SSSR count). The highest BCUT2D eigenvalue weighted by atomic mass is 16.4. The van der Waals surface area contributed by atoms with Crippen LogP contribution in [-0.2, 0) is 0 Å². The van der Waals surface area contributed by atoms with Gasteiger partial charge in [-0.3, -0.25) is 0 Å². The van der Waals surface area contributed by atoms with E-state index in [2.05, 4.69) is 5.92 Å². The largest absolute Gasteiger partial charge is 0.478 e. The number of carboxylic acids is 1. The summed E-state index contributed by atoms with van der Waals surface area (Å²) in [6.45, 7) is 2.38. The fourth-order valence-corrected chi connectivity index (χ4v) is 1.44. The Morgan fingerprint density at radius 1 is 1.60 bits per heavy atom. The molecule has 1 N–H and O–H groups in total. The van der Waals surface area contributed by atoms with Crippen LogP contribution in [0.5, 0.6) is 0 Å². The highest BCUT2D eigenvalue weighted by Gasteiger charge is 2.07. The smallest absolute Gasteiger partial charge is 0.335 e. The van der Waals surface area contributed by atoms with Crippen molar-refractivity contribution in [2.45, 2.75) is 6.92 Å². The van der Waals surface area contributed by atoms with E-state index in [1.165, 1.54) is 0 Å². The average molecular weight is 203 g/mol. The van der Waals surface area contributed by atoms with Crippen molar-refractivity contribution in [2.24, 2.45) is 0 Å². The molecule has 0 spiro atoms. The lowest BCUT2D eigenvalue weighted by molar-refractivity contribution is 0.0697. The minimum atomic E-state index is -0.913. The molecule has 78 valence electrons. The molecular weight excluding hydrogens is 190 g/mol. The summed E-state index contributed by atoms with van der Waals surface area (Å²) in [6, 6.07) is 5.00. The first-order valence-electron chi connectivity index (χ1n) is 4.55. The average Bonchev–Trinajstić information content (AvgIpc) is 2.17. The van der Waals surface area contributed by atoms with E-state index < -0.39 is 5.97 Å². The van der Waals surface area contributed by atoms with Crippen molar-refractivity contribution in [3.8, 4) is 12.3 Å². The quantitative estimate of drug-likeness (QED) is 0.761. The van der Waals surface area contributed by atoms with Crippen LogP contribution in [0.3, 0.4) is 0 Å². The van der Waals surface area contributed by atoms with Gasteiger partial charge in [-0.15, -0.1) is 6.42 Å². The molecule has 0 aromatic heterocycles. The number of aryl methyl sites for hydroxylation is 1. The Labute approximate surface area is 89.3 Å². The third kappa shape index (κ3) is 2.50. The lowest BCUT2D eigenvalue weighted by atomic mass is 10.1. The van der Waals surface area contributed by atoms with Crippen LogP contribution in [0.15, 0.2) is 18.2 Å². The normalized spacial score (nSPS) is 9.40. The summed E-state index contributed by atoms with van der Waals surface area (Å²) in [5.41, 5.74) is 2.16. The standard InChI is InChI=1S/C12H13NO2/c1-4-7-13(3)11-6-5-10(12(14)15)8-9(11)2/h1,5-6,8H,7H2,2-3H3,(H,14,15). The van der Waals surface area contributed by atoms with Crippen molar-refractivity contribution < 1.29 is 9.90 Å². The zero-order chi connectivity index (χ0) is 11.4. The Hall–Kier alpha value is -1.95. The van der Waals surface area contributed by atoms with Gasteiger partial charge in [0.15, 0.2) is 0 Å². The van der Waals surface area contributed by atoms with Gasteiger partial charge in [-0.2, -0.15) is 0 Å². The lowest BCUT2D eigenvalue weighted by Crippen LogP contribution is -2.18. The van der Waals surface area contributed by atoms with Gasteiger partial charge in [-0.25, -0.2) is 4.79 Å². The van der Waals surface area contributed by atoms with E-state index in [4.69, 9.17) is 11.5 Å². The van der Waals surface area contributed by atoms with Crippen LogP contribution in [0.2, 0.25) is 0 Å². The summed E-state index contributed by atoms with van der Waals surface area (Å²) in [4.78, 5) is 12.6. The van der Waals surface area contributed by atoms with Gasteiger partial charge in [-0.05, 0) is 30.7 Å². The van der Waals surface area contributed by atoms with Crippen molar-refractivity contribution in [3.05, 3.63) is 29.3 Å². The van der Waals surface area contributed by atoms with Crippen LogP contribution >= 0.6 is 0 Å². The molecule has 15 heavy (non-hydrogen) atoms. The molecule has 0 saturated heterocycles. The number of nitrogens with zero attached hydrogens (tertiary/aromatic N) is 1. The second kappa shape index (κ2) is 4.52. The van der Waals surface area contributed by atoms with Crippen molar-refractivity contribution in [3.63, 3.8) is 0 Å². The SMILES string of the molecule is C#CCN(C)c1ccc(C(=O)O)cc1C. The molecule has 3 heteroatoms. The first-order valence-corrected chi connectivity index (χ1v) is 4.55. The summed E-state index contributed by atoms with van der Waals surface area (Å²) in [6.07, 6.45) is 5.21. The van der Waals surface area contributed by atoms with E-state index in [9.17, 15) is 4.79 Å². The molecule has 0 amide bonds. The minimum absolute atomic E-state index is 0.297. The zero-order valence-corrected chi connectivity index (χ0v) is 8.82. The minimum Gasteiger partial charge on any atom is -0.478 e. The third-order valence-corrected chi connectivity index (χ3v) is 2.18. The molecule has 0 saturated carbocycles. The molecule has 1 aromatic rings. The van der Waals surface area contributed by atoms with Gasteiger partial charge in [0.05, 0.1) is 12.1 Å². The van der Waals surface area contributed by atoms with E-state index in [0.29, 0.717) is 12.1 Å². The topological polar surface area (TPSA) is 40.5 Å². The number of carboxylic acid groups (broad SMARTS) is 1. The van der Waals surface area contributed by atoms with Crippen LogP contribution in [0.25, 0.3) is 0 Å². The summed E-state index contributed by atoms with van der Waals surface area (Å²) < 4.78 is 0. The van der Waals surface area contributed by atoms with Crippen LogP contribution in [0.1, 0.15) is 15.9 Å². The number of aromatic carboxylic acids is 1. The van der Waals surface area contributed by atoms with E-state index in [1.54, 1.807) is 18.2 Å². The van der Waals surface area contributed by atoms with Gasteiger partial charge in [0.1, 0.15) is 0 Å². The fourth-order valence-electron chi connectivity index (χ4n) is 1.44. The molecule has 3 nitrogen and oxygen atoms in total. The van der Waals surface area contributed by atoms with Crippen LogP contribution < -0.4 is 4.90 Å². The maximum absolute atomic E-state index is 10.7. The number of benzene rings is 1. The molecule has 0 heterocycles. The molecule has 0 aliphatic carbocycles. The Morgan fingerprint density at radius 3 is 2.73 bits per heavy atom. The zero-order valence-electron chi connectivity index (χ0n) is 8.82. The van der Waals surface area contributed by atoms with Gasteiger partial charge in [0.2, 0.25) is 0 Å². The van der Waals surface area contributed by atoms with Gasteiger partial charge >= 0.3 is 5.97 Å². The second-order valence-electron chi connectivity index (χ2n) is 3.37. The third-order valence-electron chi connectivity index (χ3n) is 2.18. The van der Waals surface area contributed by atoms with Gasteiger partial charge in [-0.1, -0.05) is 5.92 Å². The van der Waals surface area contributed by atoms with Crippen LogP contribution in [0.4, 0.5) is 5.69 Å². The summed E-state index contributed by atoms with van der Waals surface area (Å²) in [7, 11) is 1.88. The molecule has 0 fully saturated rings. The lowest BCUT2D eigenvalue weighted by Gasteiger charge is -2.18. The number of terminal acetylenes is 1. The monoisotopic (exact) mass is 203 g/mol.